The SMILES string of the molecule is CC1COC(CO)CN1C(=O)C1CC2C=CC1C2. The summed E-state index contributed by atoms with van der Waals surface area (Å²) in [6.45, 7) is 3.09. The van der Waals surface area contributed by atoms with E-state index in [1.165, 1.54) is 0 Å². The van der Waals surface area contributed by atoms with Crippen molar-refractivity contribution in [1.82, 2.24) is 4.90 Å². The number of aliphatic hydroxyl groups is 1. The largest absolute Gasteiger partial charge is 0.394 e. The quantitative estimate of drug-likeness (QED) is 0.739. The smallest absolute Gasteiger partial charge is 0.226 e. The minimum Gasteiger partial charge on any atom is -0.394 e. The summed E-state index contributed by atoms with van der Waals surface area (Å²) in [5, 5.41) is 9.17. The highest BCUT2D eigenvalue weighted by molar-refractivity contribution is 5.80. The number of aliphatic hydroxyl groups excluding tert-OH is 1. The van der Waals surface area contributed by atoms with Gasteiger partial charge in [0, 0.05) is 12.5 Å². The van der Waals surface area contributed by atoms with Crippen LogP contribution in [0.2, 0.25) is 0 Å². The molecule has 4 heteroatoms. The van der Waals surface area contributed by atoms with Crippen LogP contribution in [0.1, 0.15) is 19.8 Å². The molecule has 0 aromatic rings. The van der Waals surface area contributed by atoms with Crippen molar-refractivity contribution in [3.05, 3.63) is 12.2 Å². The van der Waals surface area contributed by atoms with Gasteiger partial charge in [0.05, 0.1) is 25.4 Å². The van der Waals surface area contributed by atoms with E-state index in [2.05, 4.69) is 12.2 Å². The highest BCUT2D eigenvalue weighted by Gasteiger charge is 2.43. The molecule has 5 unspecified atom stereocenters. The molecular formula is C14H21NO3. The second-order valence-corrected chi connectivity index (χ2v) is 5.86. The summed E-state index contributed by atoms with van der Waals surface area (Å²) in [4.78, 5) is 14.5. The van der Waals surface area contributed by atoms with E-state index in [1.807, 2.05) is 11.8 Å². The van der Waals surface area contributed by atoms with E-state index in [-0.39, 0.29) is 30.6 Å². The van der Waals surface area contributed by atoms with Crippen LogP contribution in [0.3, 0.4) is 0 Å². The van der Waals surface area contributed by atoms with Gasteiger partial charge in [-0.2, -0.15) is 0 Å². The van der Waals surface area contributed by atoms with Gasteiger partial charge >= 0.3 is 0 Å². The summed E-state index contributed by atoms with van der Waals surface area (Å²) in [6, 6.07) is 0.128. The van der Waals surface area contributed by atoms with E-state index in [4.69, 9.17) is 4.74 Å². The molecule has 0 aromatic heterocycles. The molecule has 1 saturated carbocycles. The van der Waals surface area contributed by atoms with Gasteiger partial charge in [-0.25, -0.2) is 0 Å². The number of hydrogen-bond donors (Lipinski definition) is 1. The predicted molar refractivity (Wildman–Crippen MR) is 66.8 cm³/mol. The van der Waals surface area contributed by atoms with Gasteiger partial charge in [-0.15, -0.1) is 0 Å². The Balaban J connectivity index is 1.69. The molecule has 1 N–H and O–H groups in total. The fourth-order valence-corrected chi connectivity index (χ4v) is 3.51. The first-order chi connectivity index (χ1) is 8.69. The zero-order valence-corrected chi connectivity index (χ0v) is 10.8. The van der Waals surface area contributed by atoms with Crippen LogP contribution in [0.5, 0.6) is 0 Å². The van der Waals surface area contributed by atoms with Crippen molar-refractivity contribution in [2.24, 2.45) is 17.8 Å². The number of ether oxygens (including phenoxy) is 1. The van der Waals surface area contributed by atoms with Gasteiger partial charge in [0.25, 0.3) is 0 Å². The van der Waals surface area contributed by atoms with Crippen molar-refractivity contribution < 1.29 is 14.6 Å². The molecule has 18 heavy (non-hydrogen) atoms. The van der Waals surface area contributed by atoms with Crippen LogP contribution in [-0.2, 0) is 9.53 Å². The summed E-state index contributed by atoms with van der Waals surface area (Å²) in [7, 11) is 0. The fraction of sp³-hybridized carbons (Fsp3) is 0.786. The molecule has 100 valence electrons. The highest BCUT2D eigenvalue weighted by atomic mass is 16.5. The lowest BCUT2D eigenvalue weighted by Gasteiger charge is -2.39. The molecule has 3 rings (SSSR count). The van der Waals surface area contributed by atoms with Crippen LogP contribution in [0.25, 0.3) is 0 Å². The summed E-state index contributed by atoms with van der Waals surface area (Å²) < 4.78 is 5.49. The normalized spacial score (nSPS) is 42.6. The number of morpholine rings is 1. The summed E-state index contributed by atoms with van der Waals surface area (Å²) in [6.07, 6.45) is 6.42. The first-order valence-electron chi connectivity index (χ1n) is 6.90. The minimum absolute atomic E-state index is 0.00682. The Bertz CT molecular complexity index is 368. The zero-order valence-electron chi connectivity index (χ0n) is 10.8. The van der Waals surface area contributed by atoms with Gasteiger partial charge in [-0.1, -0.05) is 12.2 Å². The van der Waals surface area contributed by atoms with Crippen molar-refractivity contribution >= 4 is 5.91 Å². The standard InChI is InChI=1S/C14H21NO3/c1-9-8-18-12(7-16)6-15(9)14(17)13-5-10-2-3-11(13)4-10/h2-3,9-13,16H,4-8H2,1H3. The maximum atomic E-state index is 12.6. The second kappa shape index (κ2) is 4.67. The second-order valence-electron chi connectivity index (χ2n) is 5.86. The molecule has 1 aliphatic heterocycles. The Hall–Kier alpha value is -0.870. The Morgan fingerprint density at radius 2 is 2.28 bits per heavy atom. The van der Waals surface area contributed by atoms with Crippen LogP contribution in [0.4, 0.5) is 0 Å². The molecule has 0 aromatic carbocycles. The molecular weight excluding hydrogens is 230 g/mol. The van der Waals surface area contributed by atoms with E-state index in [0.717, 1.165) is 12.8 Å². The van der Waals surface area contributed by atoms with E-state index < -0.39 is 0 Å². The van der Waals surface area contributed by atoms with E-state index in [1.54, 1.807) is 0 Å². The molecule has 2 fully saturated rings. The van der Waals surface area contributed by atoms with Crippen LogP contribution in [-0.4, -0.2) is 47.8 Å². The molecule has 0 radical (unpaired) electrons. The minimum atomic E-state index is -0.209. The maximum absolute atomic E-state index is 12.6. The molecule has 1 amide bonds. The summed E-state index contributed by atoms with van der Waals surface area (Å²) in [5.74, 6) is 1.50. The Morgan fingerprint density at radius 1 is 1.44 bits per heavy atom. The predicted octanol–water partition coefficient (Wildman–Crippen LogP) is 0.807. The first kappa shape index (κ1) is 12.2. The van der Waals surface area contributed by atoms with Crippen LogP contribution in [0.15, 0.2) is 12.2 Å². The number of carbonyl (C=O) groups is 1. The number of rotatable bonds is 2. The van der Waals surface area contributed by atoms with E-state index in [9.17, 15) is 9.90 Å². The number of hydrogen-bond acceptors (Lipinski definition) is 3. The van der Waals surface area contributed by atoms with Gasteiger partial charge in [0.2, 0.25) is 5.91 Å². The van der Waals surface area contributed by atoms with Crippen molar-refractivity contribution in [3.63, 3.8) is 0 Å². The third-order valence-corrected chi connectivity index (χ3v) is 4.59. The van der Waals surface area contributed by atoms with Crippen LogP contribution >= 0.6 is 0 Å². The van der Waals surface area contributed by atoms with Crippen molar-refractivity contribution in [3.8, 4) is 0 Å². The number of amides is 1. The number of allylic oxidation sites excluding steroid dienone is 2. The van der Waals surface area contributed by atoms with Gasteiger partial charge in [0.15, 0.2) is 0 Å². The molecule has 4 nitrogen and oxygen atoms in total. The monoisotopic (exact) mass is 251 g/mol. The number of carbonyl (C=O) groups excluding carboxylic acids is 1. The maximum Gasteiger partial charge on any atom is 0.226 e. The third kappa shape index (κ3) is 1.97. The van der Waals surface area contributed by atoms with Crippen molar-refractivity contribution in [2.75, 3.05) is 19.8 Å². The van der Waals surface area contributed by atoms with E-state index >= 15 is 0 Å². The van der Waals surface area contributed by atoms with Gasteiger partial charge in [-0.3, -0.25) is 4.79 Å². The number of nitrogens with zero attached hydrogens (tertiary/aromatic N) is 1. The van der Waals surface area contributed by atoms with Crippen LogP contribution < -0.4 is 0 Å². The average Bonchev–Trinajstić information content (AvgIpc) is 3.01. The van der Waals surface area contributed by atoms with Crippen LogP contribution in [0, 0.1) is 17.8 Å². The molecule has 1 saturated heterocycles. The average molecular weight is 251 g/mol. The van der Waals surface area contributed by atoms with Gasteiger partial charge in [-0.05, 0) is 31.6 Å². The lowest BCUT2D eigenvalue weighted by atomic mass is 9.91. The van der Waals surface area contributed by atoms with Crippen molar-refractivity contribution in [1.29, 1.82) is 0 Å². The molecule has 2 aliphatic carbocycles. The zero-order chi connectivity index (χ0) is 12.7. The third-order valence-electron chi connectivity index (χ3n) is 4.59. The molecule has 5 atom stereocenters. The van der Waals surface area contributed by atoms with E-state index in [0.29, 0.717) is 25.0 Å². The Morgan fingerprint density at radius 3 is 2.89 bits per heavy atom. The number of fused-ring (bicyclic) bond motifs is 2. The molecule has 1 heterocycles. The topological polar surface area (TPSA) is 49.8 Å². The molecule has 3 aliphatic rings. The summed E-state index contributed by atoms with van der Waals surface area (Å²) in [5.41, 5.74) is 0. The Labute approximate surface area is 108 Å². The van der Waals surface area contributed by atoms with Crippen molar-refractivity contribution in [2.45, 2.75) is 31.9 Å². The molecule has 2 bridgehead atoms. The van der Waals surface area contributed by atoms with Gasteiger partial charge in [0.1, 0.15) is 0 Å². The lowest BCUT2D eigenvalue weighted by Crippen LogP contribution is -2.54. The summed E-state index contributed by atoms with van der Waals surface area (Å²) >= 11 is 0. The fourth-order valence-electron chi connectivity index (χ4n) is 3.51. The Kier molecular flexibility index (Phi) is 3.16. The molecule has 0 spiro atoms. The first-order valence-corrected chi connectivity index (χ1v) is 6.90. The lowest BCUT2D eigenvalue weighted by molar-refractivity contribution is -0.151. The van der Waals surface area contributed by atoms with Gasteiger partial charge < -0.3 is 14.7 Å². The highest BCUT2D eigenvalue weighted by Crippen LogP contribution is 2.44.